The maximum atomic E-state index is 5.55. The molecule has 0 unspecified atom stereocenters. The van der Waals surface area contributed by atoms with Gasteiger partial charge in [-0.25, -0.2) is 0 Å². The van der Waals surface area contributed by atoms with Crippen molar-refractivity contribution in [2.45, 2.75) is 26.6 Å². The van der Waals surface area contributed by atoms with Crippen LogP contribution in [0.4, 0.5) is 5.69 Å². The fraction of sp³-hybridized carbons (Fsp3) is 0.455. The van der Waals surface area contributed by atoms with E-state index in [-0.39, 0.29) is 0 Å². The van der Waals surface area contributed by atoms with Gasteiger partial charge >= 0.3 is 0 Å². The van der Waals surface area contributed by atoms with Crippen LogP contribution in [0.1, 0.15) is 18.1 Å². The zero-order chi connectivity index (χ0) is 9.97. The van der Waals surface area contributed by atoms with Crippen LogP contribution in [0.3, 0.4) is 0 Å². The molecule has 0 aromatic heterocycles. The third-order valence-electron chi connectivity index (χ3n) is 2.64. The summed E-state index contributed by atoms with van der Waals surface area (Å²) in [6.07, 6.45) is 2.20. The Bertz CT molecular complexity index is 321. The molecule has 1 saturated heterocycles. The average molecular weight is 189 g/mol. The maximum absolute atomic E-state index is 5.55. The predicted octanol–water partition coefficient (Wildman–Crippen LogP) is 2.08. The number of hydrogen-bond acceptors (Lipinski definition) is 2. The van der Waals surface area contributed by atoms with Crippen LogP contribution in [-0.2, 0) is 11.3 Å². The number of benzene rings is 1. The van der Waals surface area contributed by atoms with E-state index in [4.69, 9.17) is 4.84 Å². The summed E-state index contributed by atoms with van der Waals surface area (Å²) in [5.41, 5.74) is 3.95. The summed E-state index contributed by atoms with van der Waals surface area (Å²) in [6.45, 7) is 5.18. The van der Waals surface area contributed by atoms with Crippen molar-refractivity contribution in [3.63, 3.8) is 0 Å². The van der Waals surface area contributed by atoms with Crippen LogP contribution in [0.25, 0.3) is 0 Å². The number of rotatable bonds is 2. The van der Waals surface area contributed by atoms with Crippen LogP contribution >= 0.6 is 0 Å². The van der Waals surface area contributed by atoms with E-state index >= 15 is 0 Å². The molecule has 0 amide bonds. The van der Waals surface area contributed by atoms with Gasteiger partial charge in [0.25, 0.3) is 7.41 Å². The molecule has 3 heteroatoms. The van der Waals surface area contributed by atoms with Crippen LogP contribution in [0.2, 0.25) is 6.32 Å². The molecule has 1 aromatic rings. The van der Waals surface area contributed by atoms with Crippen LogP contribution in [-0.4, -0.2) is 14.0 Å². The van der Waals surface area contributed by atoms with Crippen molar-refractivity contribution in [1.29, 1.82) is 0 Å². The second-order valence-electron chi connectivity index (χ2n) is 3.77. The molecule has 0 spiro atoms. The van der Waals surface area contributed by atoms with E-state index in [0.29, 0.717) is 0 Å². The molecular weight excluding hydrogens is 173 g/mol. The Hall–Kier alpha value is -0.955. The van der Waals surface area contributed by atoms with Gasteiger partial charge in [-0.05, 0) is 31.3 Å². The van der Waals surface area contributed by atoms with Gasteiger partial charge < -0.3 is 4.97 Å². The second kappa shape index (κ2) is 4.05. The summed E-state index contributed by atoms with van der Waals surface area (Å²) in [5.74, 6) is 0. The van der Waals surface area contributed by atoms with E-state index < -0.39 is 0 Å². The third-order valence-corrected chi connectivity index (χ3v) is 2.64. The molecule has 0 radical (unpaired) electrons. The predicted molar refractivity (Wildman–Crippen MR) is 60.9 cm³/mol. The Labute approximate surface area is 86.1 Å². The molecule has 1 aromatic carbocycles. The fourth-order valence-electron chi connectivity index (χ4n) is 1.88. The van der Waals surface area contributed by atoms with Gasteiger partial charge in [0.2, 0.25) is 0 Å². The normalized spacial score (nSPS) is 15.7. The van der Waals surface area contributed by atoms with Crippen LogP contribution in [0.5, 0.6) is 0 Å². The molecule has 14 heavy (non-hydrogen) atoms. The lowest BCUT2D eigenvalue weighted by molar-refractivity contribution is 0.185. The fourth-order valence-corrected chi connectivity index (χ4v) is 1.88. The first-order chi connectivity index (χ1) is 6.81. The Morgan fingerprint density at radius 3 is 3.00 bits per heavy atom. The van der Waals surface area contributed by atoms with Crippen LogP contribution < -0.4 is 4.97 Å². The van der Waals surface area contributed by atoms with Gasteiger partial charge in [-0.15, -0.1) is 0 Å². The molecule has 0 N–H and O–H groups in total. The lowest BCUT2D eigenvalue weighted by atomic mass is 9.89. The van der Waals surface area contributed by atoms with Gasteiger partial charge in [-0.2, -0.15) is 0 Å². The molecule has 0 aliphatic carbocycles. The van der Waals surface area contributed by atoms with Gasteiger partial charge in [0.05, 0.1) is 12.3 Å². The lowest BCUT2D eigenvalue weighted by Crippen LogP contribution is -2.20. The monoisotopic (exact) mass is 189 g/mol. The molecule has 1 aliphatic rings. The Morgan fingerprint density at radius 2 is 2.36 bits per heavy atom. The number of hydrogen-bond donors (Lipinski definition) is 0. The second-order valence-corrected chi connectivity index (χ2v) is 3.77. The first-order valence-corrected chi connectivity index (χ1v) is 5.31. The zero-order valence-electron chi connectivity index (χ0n) is 8.92. The third kappa shape index (κ3) is 1.78. The van der Waals surface area contributed by atoms with E-state index in [1.165, 1.54) is 16.8 Å². The molecule has 74 valence electrons. The molecule has 0 bridgehead atoms. The van der Waals surface area contributed by atoms with Gasteiger partial charge in [0.15, 0.2) is 0 Å². The van der Waals surface area contributed by atoms with Gasteiger partial charge in [0, 0.05) is 0 Å². The summed E-state index contributed by atoms with van der Waals surface area (Å²) in [6, 6.07) is 6.56. The van der Waals surface area contributed by atoms with E-state index in [2.05, 4.69) is 32.0 Å². The maximum Gasteiger partial charge on any atom is 0.275 e. The first kappa shape index (κ1) is 9.59. The smallest absolute Gasteiger partial charge is 0.275 e. The highest BCUT2D eigenvalue weighted by Crippen LogP contribution is 2.24. The molecule has 0 atom stereocenters. The number of aryl methyl sites for hydroxylation is 2. The summed E-state index contributed by atoms with van der Waals surface area (Å²) in [5, 5.41) is 0. The quantitative estimate of drug-likeness (QED) is 0.660. The van der Waals surface area contributed by atoms with Gasteiger partial charge in [-0.3, -0.25) is 4.84 Å². The number of anilines is 1. The Morgan fingerprint density at radius 1 is 1.50 bits per heavy atom. The summed E-state index contributed by atoms with van der Waals surface area (Å²) < 4.78 is 0. The molecular formula is C11H16BNO. The standard InChI is InChI=1S/C11H16BNO/c1-3-10-8-9(2)4-5-11(10)13-12-6-7-14-13/h4-5,8,12H,3,6-7H2,1-2H3. The largest absolute Gasteiger partial charge is 0.305 e. The van der Waals surface area contributed by atoms with Crippen LogP contribution in [0.15, 0.2) is 18.2 Å². The van der Waals surface area contributed by atoms with Crippen molar-refractivity contribution in [3.05, 3.63) is 29.3 Å². The minimum absolute atomic E-state index is 0.858. The van der Waals surface area contributed by atoms with E-state index in [1.807, 2.05) is 4.97 Å². The molecule has 2 nitrogen and oxygen atoms in total. The van der Waals surface area contributed by atoms with E-state index in [0.717, 1.165) is 26.8 Å². The van der Waals surface area contributed by atoms with Crippen molar-refractivity contribution in [2.24, 2.45) is 0 Å². The van der Waals surface area contributed by atoms with E-state index in [1.54, 1.807) is 0 Å². The molecule has 2 rings (SSSR count). The van der Waals surface area contributed by atoms with Crippen molar-refractivity contribution >= 4 is 13.1 Å². The zero-order valence-corrected chi connectivity index (χ0v) is 8.92. The van der Waals surface area contributed by atoms with Gasteiger partial charge in [0.1, 0.15) is 0 Å². The summed E-state index contributed by atoms with van der Waals surface area (Å²) in [7, 11) is 1.02. The first-order valence-electron chi connectivity index (χ1n) is 5.31. The number of nitrogens with zero attached hydrogens (tertiary/aromatic N) is 1. The Balaban J connectivity index is 2.31. The highest BCUT2D eigenvalue weighted by atomic mass is 16.7. The lowest BCUT2D eigenvalue weighted by Gasteiger charge is -2.20. The highest BCUT2D eigenvalue weighted by molar-refractivity contribution is 6.41. The summed E-state index contributed by atoms with van der Waals surface area (Å²) in [4.78, 5) is 7.58. The topological polar surface area (TPSA) is 12.5 Å². The molecule has 1 fully saturated rings. The molecule has 1 heterocycles. The average Bonchev–Trinajstić information content (AvgIpc) is 2.70. The highest BCUT2D eigenvalue weighted by Gasteiger charge is 2.17. The van der Waals surface area contributed by atoms with Crippen molar-refractivity contribution in [2.75, 3.05) is 11.6 Å². The Kier molecular flexibility index (Phi) is 2.78. The minimum atomic E-state index is 0.858. The minimum Gasteiger partial charge on any atom is -0.305 e. The van der Waals surface area contributed by atoms with Crippen molar-refractivity contribution in [3.8, 4) is 0 Å². The summed E-state index contributed by atoms with van der Waals surface area (Å²) >= 11 is 0. The van der Waals surface area contributed by atoms with Crippen LogP contribution in [0, 0.1) is 6.92 Å². The van der Waals surface area contributed by atoms with E-state index in [9.17, 15) is 0 Å². The SMILES string of the molecule is CCc1cc(C)ccc1N1BCCO1. The van der Waals surface area contributed by atoms with Gasteiger partial charge in [-0.1, -0.05) is 24.6 Å². The molecule has 0 saturated carbocycles. The van der Waals surface area contributed by atoms with Crippen molar-refractivity contribution < 1.29 is 4.84 Å². The molecule has 1 aliphatic heterocycles. The van der Waals surface area contributed by atoms with Crippen molar-refractivity contribution in [1.82, 2.24) is 0 Å².